The zero-order valence-electron chi connectivity index (χ0n) is 8.62. The Morgan fingerprint density at radius 3 is 2.73 bits per heavy atom. The van der Waals surface area contributed by atoms with Crippen LogP contribution in [0.1, 0.15) is 0 Å². The van der Waals surface area contributed by atoms with Crippen LogP contribution in [0, 0.1) is 0 Å². The fourth-order valence-electron chi connectivity index (χ4n) is 1.19. The third-order valence-electron chi connectivity index (χ3n) is 1.86. The van der Waals surface area contributed by atoms with E-state index in [1.54, 1.807) is 18.2 Å². The molecule has 1 aromatic carbocycles. The first kappa shape index (κ1) is 11.8. The topological polar surface area (TPSA) is 52.6 Å². The standard InChI is InChI=1S/C10H13ClN2O2/c1-13(2)9-4-3-7(11)5-8(9)12-10(15)6-14/h3-5,14H,6H2,1-2H3,(H,12,15). The van der Waals surface area contributed by atoms with E-state index >= 15 is 0 Å². The highest BCUT2D eigenvalue weighted by atomic mass is 35.5. The van der Waals surface area contributed by atoms with Gasteiger partial charge in [-0.2, -0.15) is 0 Å². The molecule has 2 N–H and O–H groups in total. The van der Waals surface area contributed by atoms with Crippen LogP contribution in [0.4, 0.5) is 11.4 Å². The Morgan fingerprint density at radius 2 is 2.20 bits per heavy atom. The lowest BCUT2D eigenvalue weighted by Crippen LogP contribution is -2.18. The van der Waals surface area contributed by atoms with Crippen LogP contribution in [0.15, 0.2) is 18.2 Å². The highest BCUT2D eigenvalue weighted by Gasteiger charge is 2.08. The normalized spacial score (nSPS) is 9.87. The summed E-state index contributed by atoms with van der Waals surface area (Å²) in [5.74, 6) is -0.458. The second-order valence-corrected chi connectivity index (χ2v) is 3.70. The summed E-state index contributed by atoms with van der Waals surface area (Å²) in [6, 6.07) is 5.19. The monoisotopic (exact) mass is 228 g/mol. The van der Waals surface area contributed by atoms with Crippen LogP contribution in [0.2, 0.25) is 5.02 Å². The zero-order chi connectivity index (χ0) is 11.4. The van der Waals surface area contributed by atoms with Crippen molar-refractivity contribution >= 4 is 28.9 Å². The van der Waals surface area contributed by atoms with Crippen LogP contribution in [-0.4, -0.2) is 31.7 Å². The second-order valence-electron chi connectivity index (χ2n) is 3.26. The van der Waals surface area contributed by atoms with Crippen LogP contribution in [-0.2, 0) is 4.79 Å². The lowest BCUT2D eigenvalue weighted by atomic mass is 10.2. The molecule has 82 valence electrons. The minimum Gasteiger partial charge on any atom is -0.387 e. The van der Waals surface area contributed by atoms with Crippen molar-refractivity contribution in [1.82, 2.24) is 0 Å². The number of aliphatic hydroxyl groups is 1. The van der Waals surface area contributed by atoms with Crippen molar-refractivity contribution in [2.45, 2.75) is 0 Å². The zero-order valence-corrected chi connectivity index (χ0v) is 9.38. The fraction of sp³-hybridized carbons (Fsp3) is 0.300. The van der Waals surface area contributed by atoms with Crippen LogP contribution in [0.3, 0.4) is 0 Å². The molecule has 0 aromatic heterocycles. The smallest absolute Gasteiger partial charge is 0.250 e. The van der Waals surface area contributed by atoms with Crippen molar-refractivity contribution in [3.05, 3.63) is 23.2 Å². The molecule has 0 aliphatic heterocycles. The van der Waals surface area contributed by atoms with E-state index in [0.717, 1.165) is 5.69 Å². The molecule has 15 heavy (non-hydrogen) atoms. The number of carbonyl (C=O) groups excluding carboxylic acids is 1. The molecule has 1 rings (SSSR count). The predicted molar refractivity (Wildman–Crippen MR) is 61.5 cm³/mol. The second kappa shape index (κ2) is 5.00. The lowest BCUT2D eigenvalue weighted by molar-refractivity contribution is -0.118. The molecule has 0 unspecified atom stereocenters. The Balaban J connectivity index is 3.02. The quantitative estimate of drug-likeness (QED) is 0.821. The van der Waals surface area contributed by atoms with Crippen molar-refractivity contribution < 1.29 is 9.90 Å². The predicted octanol–water partition coefficient (Wildman–Crippen LogP) is 1.34. The molecule has 0 aliphatic carbocycles. The minimum atomic E-state index is -0.542. The Labute approximate surface area is 93.5 Å². The minimum absolute atomic E-state index is 0.458. The van der Waals surface area contributed by atoms with Crippen LogP contribution in [0.25, 0.3) is 0 Å². The van der Waals surface area contributed by atoms with Gasteiger partial charge in [-0.3, -0.25) is 4.79 Å². The van der Waals surface area contributed by atoms with E-state index in [4.69, 9.17) is 16.7 Å². The van der Waals surface area contributed by atoms with Gasteiger partial charge in [0, 0.05) is 19.1 Å². The van der Waals surface area contributed by atoms with E-state index in [1.807, 2.05) is 19.0 Å². The summed E-state index contributed by atoms with van der Waals surface area (Å²) in [7, 11) is 3.72. The number of halogens is 1. The molecule has 0 saturated carbocycles. The molecule has 0 spiro atoms. The number of benzene rings is 1. The number of nitrogens with one attached hydrogen (secondary N) is 1. The number of anilines is 2. The summed E-state index contributed by atoms with van der Waals surface area (Å²) in [5.41, 5.74) is 1.42. The molecule has 0 heterocycles. The highest BCUT2D eigenvalue weighted by molar-refractivity contribution is 6.31. The molecule has 1 aromatic rings. The van der Waals surface area contributed by atoms with Crippen LogP contribution in [0.5, 0.6) is 0 Å². The summed E-state index contributed by atoms with van der Waals surface area (Å²) in [6.45, 7) is -0.542. The lowest BCUT2D eigenvalue weighted by Gasteiger charge is -2.17. The summed E-state index contributed by atoms with van der Waals surface area (Å²) in [4.78, 5) is 12.9. The number of amides is 1. The van der Waals surface area contributed by atoms with Crippen molar-refractivity contribution in [2.75, 3.05) is 30.9 Å². The maximum atomic E-state index is 11.0. The average Bonchev–Trinajstić information content (AvgIpc) is 2.17. The van der Waals surface area contributed by atoms with Gasteiger partial charge in [-0.15, -0.1) is 0 Å². The number of carbonyl (C=O) groups is 1. The molecule has 0 aliphatic rings. The fourth-order valence-corrected chi connectivity index (χ4v) is 1.36. The number of hydrogen-bond acceptors (Lipinski definition) is 3. The van der Waals surface area contributed by atoms with Gasteiger partial charge in [0.2, 0.25) is 5.91 Å². The van der Waals surface area contributed by atoms with E-state index in [2.05, 4.69) is 5.32 Å². The Bertz CT molecular complexity index is 366. The summed E-state index contributed by atoms with van der Waals surface area (Å²) < 4.78 is 0. The van der Waals surface area contributed by atoms with E-state index < -0.39 is 12.5 Å². The number of rotatable bonds is 3. The highest BCUT2D eigenvalue weighted by Crippen LogP contribution is 2.27. The van der Waals surface area contributed by atoms with E-state index in [9.17, 15) is 4.79 Å². The van der Waals surface area contributed by atoms with Gasteiger partial charge in [0.05, 0.1) is 11.4 Å². The molecule has 0 saturated heterocycles. The first-order valence-electron chi connectivity index (χ1n) is 4.42. The van der Waals surface area contributed by atoms with Crippen LogP contribution >= 0.6 is 11.6 Å². The van der Waals surface area contributed by atoms with E-state index in [1.165, 1.54) is 0 Å². The van der Waals surface area contributed by atoms with Gasteiger partial charge < -0.3 is 15.3 Å². The van der Waals surface area contributed by atoms with Gasteiger partial charge in [-0.25, -0.2) is 0 Å². The van der Waals surface area contributed by atoms with E-state index in [-0.39, 0.29) is 0 Å². The van der Waals surface area contributed by atoms with Gasteiger partial charge in [0.1, 0.15) is 6.61 Å². The van der Waals surface area contributed by atoms with Gasteiger partial charge in [0.25, 0.3) is 0 Å². The molecule has 4 nitrogen and oxygen atoms in total. The third-order valence-corrected chi connectivity index (χ3v) is 2.09. The average molecular weight is 229 g/mol. The first-order valence-corrected chi connectivity index (χ1v) is 4.80. The molecule has 0 radical (unpaired) electrons. The molecule has 0 fully saturated rings. The molecule has 1 amide bonds. The first-order chi connectivity index (χ1) is 7.04. The maximum Gasteiger partial charge on any atom is 0.250 e. The van der Waals surface area contributed by atoms with Crippen molar-refractivity contribution in [2.24, 2.45) is 0 Å². The molecule has 0 atom stereocenters. The number of hydrogen-bond donors (Lipinski definition) is 2. The maximum absolute atomic E-state index is 11.0. The van der Waals surface area contributed by atoms with Gasteiger partial charge in [0.15, 0.2) is 0 Å². The summed E-state index contributed by atoms with van der Waals surface area (Å²) >= 11 is 5.82. The van der Waals surface area contributed by atoms with Gasteiger partial charge in [-0.05, 0) is 18.2 Å². The Morgan fingerprint density at radius 1 is 1.53 bits per heavy atom. The summed E-state index contributed by atoms with van der Waals surface area (Å²) in [6.07, 6.45) is 0. The Kier molecular flexibility index (Phi) is 3.94. The van der Waals surface area contributed by atoms with Gasteiger partial charge in [-0.1, -0.05) is 11.6 Å². The SMILES string of the molecule is CN(C)c1ccc(Cl)cc1NC(=O)CO. The number of aliphatic hydroxyl groups excluding tert-OH is 1. The molecular weight excluding hydrogens is 216 g/mol. The molecule has 5 heteroatoms. The van der Waals surface area contributed by atoms with Gasteiger partial charge >= 0.3 is 0 Å². The van der Waals surface area contributed by atoms with E-state index in [0.29, 0.717) is 10.7 Å². The Hall–Kier alpha value is -1.26. The van der Waals surface area contributed by atoms with Crippen molar-refractivity contribution in [1.29, 1.82) is 0 Å². The summed E-state index contributed by atoms with van der Waals surface area (Å²) in [5, 5.41) is 11.7. The van der Waals surface area contributed by atoms with Crippen molar-refractivity contribution in [3.8, 4) is 0 Å². The third kappa shape index (κ3) is 3.11. The van der Waals surface area contributed by atoms with Crippen LogP contribution < -0.4 is 10.2 Å². The largest absolute Gasteiger partial charge is 0.387 e. The molecular formula is C10H13ClN2O2. The van der Waals surface area contributed by atoms with Crippen molar-refractivity contribution in [3.63, 3.8) is 0 Å². The molecule has 0 bridgehead atoms. The number of nitrogens with zero attached hydrogens (tertiary/aromatic N) is 1.